The van der Waals surface area contributed by atoms with E-state index in [2.05, 4.69) is 0 Å². The van der Waals surface area contributed by atoms with Crippen LogP contribution in [0.1, 0.15) is 29.2 Å². The Balaban J connectivity index is 1.48. The molecular weight excluding hydrogens is 774 g/mol. The molecule has 0 aliphatic rings. The molecule has 0 N–H and O–H groups in total. The smallest absolute Gasteiger partial charge is 0.341 e. The zero-order valence-corrected chi connectivity index (χ0v) is 29.3. The van der Waals surface area contributed by atoms with E-state index >= 15 is 0 Å². The van der Waals surface area contributed by atoms with E-state index in [-0.39, 0.29) is 34.1 Å². The minimum Gasteiger partial charge on any atom is -0.341 e. The summed E-state index contributed by atoms with van der Waals surface area (Å²) in [6.07, 6.45) is -19.1. The van der Waals surface area contributed by atoms with Gasteiger partial charge >= 0.3 is 24.7 Å². The van der Waals surface area contributed by atoms with Gasteiger partial charge in [-0.2, -0.15) is 52.7 Å². The number of aryl methyl sites for hydroxylation is 1. The summed E-state index contributed by atoms with van der Waals surface area (Å²) >= 11 is 0. The quantitative estimate of drug-likeness (QED) is 0.149. The normalized spacial score (nSPS) is 12.7. The van der Waals surface area contributed by atoms with E-state index in [1.807, 2.05) is 11.5 Å². The summed E-state index contributed by atoms with van der Waals surface area (Å²) in [5, 5.41) is 0.895. The van der Waals surface area contributed by atoms with E-state index in [0.29, 0.717) is 28.4 Å². The van der Waals surface area contributed by atoms with E-state index < -0.39 is 47.0 Å². The van der Waals surface area contributed by atoms with Crippen molar-refractivity contribution in [3.63, 3.8) is 0 Å². The second-order valence-electron chi connectivity index (χ2n) is 13.0. The van der Waals surface area contributed by atoms with Crippen molar-refractivity contribution in [2.24, 2.45) is 0 Å². The van der Waals surface area contributed by atoms with Crippen LogP contribution in [0.25, 0.3) is 21.8 Å². The molecule has 0 fully saturated rings. The van der Waals surface area contributed by atoms with E-state index in [4.69, 9.17) is 0 Å². The Kier molecular flexibility index (Phi) is 9.69. The molecular formula is C42H27F12N3. The van der Waals surface area contributed by atoms with Gasteiger partial charge in [0, 0.05) is 62.5 Å². The second-order valence-corrected chi connectivity index (χ2v) is 13.0. The maximum atomic E-state index is 13.9. The Hall–Kier alpha value is -6.12. The maximum Gasteiger partial charge on any atom is 0.416 e. The van der Waals surface area contributed by atoms with Gasteiger partial charge in [-0.3, -0.25) is 0 Å². The van der Waals surface area contributed by atoms with Gasteiger partial charge < -0.3 is 14.4 Å². The van der Waals surface area contributed by atoms with E-state index in [1.165, 1.54) is 46.2 Å². The number of benzene rings is 6. The van der Waals surface area contributed by atoms with Gasteiger partial charge in [-0.05, 0) is 116 Å². The Morgan fingerprint density at radius 1 is 0.368 bits per heavy atom. The Morgan fingerprint density at radius 3 is 0.877 bits per heavy atom. The first-order valence-corrected chi connectivity index (χ1v) is 17.1. The molecule has 57 heavy (non-hydrogen) atoms. The third-order valence-electron chi connectivity index (χ3n) is 9.39. The van der Waals surface area contributed by atoms with Crippen LogP contribution in [0.5, 0.6) is 0 Å². The van der Waals surface area contributed by atoms with Crippen LogP contribution in [-0.2, 0) is 31.2 Å². The molecule has 0 bridgehead atoms. The minimum atomic E-state index is -4.78. The fraction of sp³-hybridized carbons (Fsp3) is 0.143. The van der Waals surface area contributed by atoms with Crippen LogP contribution in [0, 0.1) is 0 Å². The topological polar surface area (TPSA) is 11.4 Å². The first-order chi connectivity index (χ1) is 26.7. The lowest BCUT2D eigenvalue weighted by atomic mass is 10.1. The van der Waals surface area contributed by atoms with Crippen LogP contribution in [0.15, 0.2) is 133 Å². The summed E-state index contributed by atoms with van der Waals surface area (Å²) in [5.74, 6) is 0. The summed E-state index contributed by atoms with van der Waals surface area (Å²) in [7, 11) is 0. The van der Waals surface area contributed by atoms with E-state index in [0.717, 1.165) is 72.8 Å². The Morgan fingerprint density at radius 2 is 0.632 bits per heavy atom. The summed E-state index contributed by atoms with van der Waals surface area (Å²) in [6, 6.07) is 25.8. The molecule has 3 nitrogen and oxygen atoms in total. The number of halogens is 12. The summed E-state index contributed by atoms with van der Waals surface area (Å²) in [4.78, 5) is 2.47. The van der Waals surface area contributed by atoms with Gasteiger partial charge in [0.1, 0.15) is 0 Å². The SMILES string of the molecule is CCn1c2ccc(N(c3cccc(C(F)(F)F)c3)c3cccc(C(F)(F)F)c3)cc2c2cc(N(c3cccc(C(F)(F)F)c3)c3cccc(C(F)(F)F)c3)ccc21. The number of alkyl halides is 12. The molecule has 0 atom stereocenters. The number of anilines is 6. The van der Waals surface area contributed by atoms with Crippen LogP contribution in [-0.4, -0.2) is 4.57 Å². The lowest BCUT2D eigenvalue weighted by Gasteiger charge is -2.27. The van der Waals surface area contributed by atoms with Crippen LogP contribution in [0.4, 0.5) is 86.8 Å². The van der Waals surface area contributed by atoms with E-state index in [1.54, 1.807) is 24.3 Å². The molecule has 0 saturated heterocycles. The van der Waals surface area contributed by atoms with E-state index in [9.17, 15) is 52.7 Å². The van der Waals surface area contributed by atoms with Gasteiger partial charge in [0.05, 0.1) is 22.3 Å². The molecule has 7 rings (SSSR count). The van der Waals surface area contributed by atoms with Crippen molar-refractivity contribution in [2.45, 2.75) is 38.2 Å². The van der Waals surface area contributed by atoms with Gasteiger partial charge in [0.15, 0.2) is 0 Å². The molecule has 1 aromatic heterocycles. The highest BCUT2D eigenvalue weighted by atomic mass is 19.4. The van der Waals surface area contributed by atoms with Gasteiger partial charge in [0.2, 0.25) is 0 Å². The Labute approximate surface area is 316 Å². The zero-order chi connectivity index (χ0) is 41.1. The molecule has 1 heterocycles. The van der Waals surface area contributed by atoms with Crippen LogP contribution in [0.3, 0.4) is 0 Å². The van der Waals surface area contributed by atoms with Crippen molar-refractivity contribution in [1.82, 2.24) is 4.57 Å². The molecule has 0 aliphatic heterocycles. The molecule has 7 aromatic rings. The highest BCUT2D eigenvalue weighted by Crippen LogP contribution is 2.45. The first kappa shape index (κ1) is 39.1. The molecule has 0 amide bonds. The number of rotatable bonds is 7. The van der Waals surface area contributed by atoms with Crippen molar-refractivity contribution in [2.75, 3.05) is 9.80 Å². The van der Waals surface area contributed by atoms with Crippen molar-refractivity contribution < 1.29 is 52.7 Å². The third kappa shape index (κ3) is 7.70. The Bertz CT molecular complexity index is 2310. The lowest BCUT2D eigenvalue weighted by Crippen LogP contribution is -2.14. The molecule has 6 aromatic carbocycles. The predicted octanol–water partition coefficient (Wildman–Crippen LogP) is 14.8. The number of aromatic nitrogens is 1. The monoisotopic (exact) mass is 801 g/mol. The van der Waals surface area contributed by atoms with Crippen molar-refractivity contribution in [3.05, 3.63) is 156 Å². The fourth-order valence-electron chi connectivity index (χ4n) is 6.88. The van der Waals surface area contributed by atoms with Crippen molar-refractivity contribution >= 4 is 55.9 Å². The van der Waals surface area contributed by atoms with Crippen LogP contribution in [0.2, 0.25) is 0 Å². The van der Waals surface area contributed by atoms with Crippen LogP contribution < -0.4 is 9.80 Å². The number of fused-ring (bicyclic) bond motifs is 3. The molecule has 294 valence electrons. The largest absolute Gasteiger partial charge is 0.416 e. The highest BCUT2D eigenvalue weighted by Gasteiger charge is 2.35. The summed E-state index contributed by atoms with van der Waals surface area (Å²) in [6.45, 7) is 2.21. The predicted molar refractivity (Wildman–Crippen MR) is 194 cm³/mol. The number of hydrogen-bond donors (Lipinski definition) is 0. The summed E-state index contributed by atoms with van der Waals surface area (Å²) in [5.41, 5.74) is -3.12. The van der Waals surface area contributed by atoms with Gasteiger partial charge in [-0.1, -0.05) is 24.3 Å². The minimum absolute atomic E-state index is 0.108. The second kappa shape index (κ2) is 14.1. The number of nitrogens with zero attached hydrogens (tertiary/aromatic N) is 3. The van der Waals surface area contributed by atoms with Gasteiger partial charge in [-0.25, -0.2) is 0 Å². The van der Waals surface area contributed by atoms with Crippen molar-refractivity contribution in [1.29, 1.82) is 0 Å². The fourth-order valence-corrected chi connectivity index (χ4v) is 6.88. The average Bonchev–Trinajstić information content (AvgIpc) is 3.46. The molecule has 0 spiro atoms. The number of hydrogen-bond acceptors (Lipinski definition) is 2. The molecule has 0 unspecified atom stereocenters. The van der Waals surface area contributed by atoms with Gasteiger partial charge in [-0.15, -0.1) is 0 Å². The van der Waals surface area contributed by atoms with Crippen LogP contribution >= 0.6 is 0 Å². The lowest BCUT2D eigenvalue weighted by molar-refractivity contribution is -0.138. The zero-order valence-electron chi connectivity index (χ0n) is 29.3. The van der Waals surface area contributed by atoms with Crippen molar-refractivity contribution in [3.8, 4) is 0 Å². The molecule has 15 heteroatoms. The standard InChI is InChI=1S/C42H27F12N3/c1-2-55-37-17-15-33(56(29-11-3-7-25(19-29)39(43,44)45)30-12-4-8-26(20-30)40(46,47)48)23-35(37)36-24-34(16-18-38(36)55)57(31-13-5-9-27(21-31)41(49,50)51)32-14-6-10-28(22-32)42(52,53)54/h3-24H,2H2,1H3. The molecule has 0 saturated carbocycles. The third-order valence-corrected chi connectivity index (χ3v) is 9.39. The highest BCUT2D eigenvalue weighted by molar-refractivity contribution is 6.11. The molecule has 0 aliphatic carbocycles. The maximum absolute atomic E-state index is 13.9. The first-order valence-electron chi connectivity index (χ1n) is 17.1. The van der Waals surface area contributed by atoms with Gasteiger partial charge in [0.25, 0.3) is 0 Å². The molecule has 0 radical (unpaired) electrons. The summed E-state index contributed by atoms with van der Waals surface area (Å²) < 4.78 is 169. The average molecular weight is 802 g/mol.